The molecular weight excluding hydrogens is 242 g/mol. The lowest BCUT2D eigenvalue weighted by atomic mass is 10.4. The Hall–Kier alpha value is -1.76. The number of rotatable bonds is 5. The smallest absolute Gasteiger partial charge is 0.313 e. The third kappa shape index (κ3) is 3.10. The highest BCUT2D eigenvalue weighted by molar-refractivity contribution is 7.99. The molecule has 0 amide bonds. The maximum Gasteiger partial charge on any atom is 0.313 e. The Morgan fingerprint density at radius 3 is 3.12 bits per heavy atom. The van der Waals surface area contributed by atoms with E-state index in [0.717, 1.165) is 5.69 Å². The van der Waals surface area contributed by atoms with Gasteiger partial charge in [0, 0.05) is 12.3 Å². The number of aromatic nitrogens is 3. The number of imidazole rings is 1. The van der Waals surface area contributed by atoms with Gasteiger partial charge in [-0.1, -0.05) is 16.9 Å². The Balaban J connectivity index is 2.12. The molecule has 0 saturated carbocycles. The molecule has 2 aromatic heterocycles. The van der Waals surface area contributed by atoms with Gasteiger partial charge in [-0.05, 0) is 6.92 Å². The summed E-state index contributed by atoms with van der Waals surface area (Å²) in [6.45, 7) is 2.37. The molecular formula is C10H11N3O3S. The number of aryl methyl sites for hydroxylation is 1. The molecule has 0 aliphatic carbocycles. The van der Waals surface area contributed by atoms with Gasteiger partial charge < -0.3 is 14.2 Å². The lowest BCUT2D eigenvalue weighted by molar-refractivity contribution is -0.133. The maximum absolute atomic E-state index is 10.5. The Labute approximate surface area is 102 Å². The summed E-state index contributed by atoms with van der Waals surface area (Å²) in [5.74, 6) is -0.159. The molecule has 0 unspecified atom stereocenters. The number of hydrogen-bond acceptors (Lipinski definition) is 5. The summed E-state index contributed by atoms with van der Waals surface area (Å²) >= 11 is 1.19. The largest absolute Gasteiger partial charge is 0.481 e. The normalized spacial score (nSPS) is 10.6. The van der Waals surface area contributed by atoms with E-state index < -0.39 is 5.97 Å². The minimum atomic E-state index is -0.859. The van der Waals surface area contributed by atoms with Crippen molar-refractivity contribution in [3.05, 3.63) is 29.9 Å². The third-order valence-electron chi connectivity index (χ3n) is 2.00. The van der Waals surface area contributed by atoms with E-state index in [4.69, 9.17) is 9.63 Å². The summed E-state index contributed by atoms with van der Waals surface area (Å²) in [6, 6.07) is 1.76. The van der Waals surface area contributed by atoms with Gasteiger partial charge in [-0.2, -0.15) is 0 Å². The summed E-state index contributed by atoms with van der Waals surface area (Å²) < 4.78 is 6.85. The molecule has 0 aliphatic heterocycles. The Bertz CT molecular complexity index is 507. The Morgan fingerprint density at radius 1 is 1.65 bits per heavy atom. The van der Waals surface area contributed by atoms with Crippen LogP contribution in [0.25, 0.3) is 0 Å². The number of aliphatic carboxylic acids is 1. The van der Waals surface area contributed by atoms with Gasteiger partial charge in [0.15, 0.2) is 10.9 Å². The molecule has 6 nitrogen and oxygen atoms in total. The fourth-order valence-corrected chi connectivity index (χ4v) is 2.12. The number of hydrogen-bond donors (Lipinski definition) is 1. The lowest BCUT2D eigenvalue weighted by Gasteiger charge is -2.03. The van der Waals surface area contributed by atoms with Crippen LogP contribution in [-0.2, 0) is 11.3 Å². The van der Waals surface area contributed by atoms with Crippen LogP contribution in [0.3, 0.4) is 0 Å². The van der Waals surface area contributed by atoms with E-state index >= 15 is 0 Å². The van der Waals surface area contributed by atoms with E-state index in [0.29, 0.717) is 17.5 Å². The molecule has 0 spiro atoms. The van der Waals surface area contributed by atoms with E-state index in [-0.39, 0.29) is 5.75 Å². The quantitative estimate of drug-likeness (QED) is 0.811. The molecule has 0 bridgehead atoms. The molecule has 7 heteroatoms. The second kappa shape index (κ2) is 5.05. The summed E-state index contributed by atoms with van der Waals surface area (Å²) in [5.41, 5.74) is 0.845. The highest BCUT2D eigenvalue weighted by Gasteiger charge is 2.10. The molecule has 0 atom stereocenters. The van der Waals surface area contributed by atoms with Crippen LogP contribution in [0.2, 0.25) is 0 Å². The predicted molar refractivity (Wildman–Crippen MR) is 60.9 cm³/mol. The van der Waals surface area contributed by atoms with Crippen molar-refractivity contribution in [2.45, 2.75) is 18.6 Å². The summed E-state index contributed by atoms with van der Waals surface area (Å²) in [4.78, 5) is 14.8. The van der Waals surface area contributed by atoms with Crippen molar-refractivity contribution < 1.29 is 14.4 Å². The van der Waals surface area contributed by atoms with Crippen LogP contribution in [0.1, 0.15) is 11.5 Å². The van der Waals surface area contributed by atoms with Gasteiger partial charge in [0.05, 0.1) is 24.2 Å². The highest BCUT2D eigenvalue weighted by atomic mass is 32.2. The minimum absolute atomic E-state index is 0.00709. The Morgan fingerprint density at radius 2 is 2.47 bits per heavy atom. The average molecular weight is 253 g/mol. The molecule has 2 rings (SSSR count). The van der Waals surface area contributed by atoms with Gasteiger partial charge in [-0.15, -0.1) is 0 Å². The van der Waals surface area contributed by atoms with Crippen molar-refractivity contribution in [1.82, 2.24) is 14.7 Å². The molecule has 0 saturated heterocycles. The highest BCUT2D eigenvalue weighted by Crippen LogP contribution is 2.18. The van der Waals surface area contributed by atoms with Crippen molar-refractivity contribution in [3.63, 3.8) is 0 Å². The fraction of sp³-hybridized carbons (Fsp3) is 0.300. The molecule has 2 aromatic rings. The second-order valence-corrected chi connectivity index (χ2v) is 4.40. The van der Waals surface area contributed by atoms with Gasteiger partial charge in [0.2, 0.25) is 0 Å². The van der Waals surface area contributed by atoms with Crippen LogP contribution in [0.15, 0.2) is 28.1 Å². The first-order chi connectivity index (χ1) is 8.15. The van der Waals surface area contributed by atoms with Crippen LogP contribution in [0.4, 0.5) is 0 Å². The van der Waals surface area contributed by atoms with Gasteiger partial charge in [-0.25, -0.2) is 4.98 Å². The lowest BCUT2D eigenvalue weighted by Crippen LogP contribution is -2.03. The van der Waals surface area contributed by atoms with Gasteiger partial charge in [0.1, 0.15) is 0 Å². The average Bonchev–Trinajstić information content (AvgIpc) is 2.86. The predicted octanol–water partition coefficient (Wildman–Crippen LogP) is 1.40. The van der Waals surface area contributed by atoms with Crippen LogP contribution < -0.4 is 0 Å². The molecule has 17 heavy (non-hydrogen) atoms. The monoisotopic (exact) mass is 253 g/mol. The summed E-state index contributed by atoms with van der Waals surface area (Å²) in [7, 11) is 0. The van der Waals surface area contributed by atoms with Crippen molar-refractivity contribution >= 4 is 17.7 Å². The van der Waals surface area contributed by atoms with Crippen molar-refractivity contribution in [1.29, 1.82) is 0 Å². The van der Waals surface area contributed by atoms with Crippen LogP contribution >= 0.6 is 11.8 Å². The van der Waals surface area contributed by atoms with E-state index in [1.807, 2.05) is 17.7 Å². The SMILES string of the molecule is Cc1cn(Cc2ccno2)c(SCC(=O)O)n1. The van der Waals surface area contributed by atoms with Crippen LogP contribution in [0.5, 0.6) is 0 Å². The summed E-state index contributed by atoms with van der Waals surface area (Å²) in [5, 5.41) is 12.9. The maximum atomic E-state index is 10.5. The Kier molecular flexibility index (Phi) is 3.48. The minimum Gasteiger partial charge on any atom is -0.481 e. The molecule has 0 fully saturated rings. The first kappa shape index (κ1) is 11.7. The summed E-state index contributed by atoms with van der Waals surface area (Å²) in [6.07, 6.45) is 3.43. The van der Waals surface area contributed by atoms with E-state index in [1.165, 1.54) is 11.8 Å². The van der Waals surface area contributed by atoms with Gasteiger partial charge in [-0.3, -0.25) is 4.79 Å². The zero-order chi connectivity index (χ0) is 12.3. The van der Waals surface area contributed by atoms with Crippen molar-refractivity contribution in [3.8, 4) is 0 Å². The van der Waals surface area contributed by atoms with Gasteiger partial charge >= 0.3 is 5.97 Å². The fourth-order valence-electron chi connectivity index (χ4n) is 1.37. The third-order valence-corrected chi connectivity index (χ3v) is 2.98. The molecule has 0 aliphatic rings. The van der Waals surface area contributed by atoms with E-state index in [2.05, 4.69) is 10.1 Å². The topological polar surface area (TPSA) is 81.2 Å². The van der Waals surface area contributed by atoms with Crippen molar-refractivity contribution in [2.75, 3.05) is 5.75 Å². The van der Waals surface area contributed by atoms with E-state index in [9.17, 15) is 4.79 Å². The van der Waals surface area contributed by atoms with Crippen LogP contribution in [-0.4, -0.2) is 31.5 Å². The molecule has 1 N–H and O–H groups in total. The van der Waals surface area contributed by atoms with E-state index in [1.54, 1.807) is 12.3 Å². The van der Waals surface area contributed by atoms with Gasteiger partial charge in [0.25, 0.3) is 0 Å². The molecule has 90 valence electrons. The first-order valence-corrected chi connectivity index (χ1v) is 5.91. The number of carboxylic acids is 1. The zero-order valence-electron chi connectivity index (χ0n) is 9.16. The number of nitrogens with zero attached hydrogens (tertiary/aromatic N) is 3. The molecule has 0 aromatic carbocycles. The van der Waals surface area contributed by atoms with Crippen LogP contribution in [0, 0.1) is 6.92 Å². The molecule has 0 radical (unpaired) electrons. The zero-order valence-corrected chi connectivity index (χ0v) is 9.98. The standard InChI is InChI=1S/C10H11N3O3S/c1-7-4-13(5-8-2-3-11-16-8)10(12-7)17-6-9(14)15/h2-4H,5-6H2,1H3,(H,14,15). The number of carboxylic acid groups (broad SMARTS) is 1. The number of thioether (sulfide) groups is 1. The number of carbonyl (C=O) groups is 1. The van der Waals surface area contributed by atoms with Crippen molar-refractivity contribution in [2.24, 2.45) is 0 Å². The molecule has 2 heterocycles. The first-order valence-electron chi connectivity index (χ1n) is 4.93. The second-order valence-electron chi connectivity index (χ2n) is 3.45.